The molecule has 12 heteroatoms. The van der Waals surface area contributed by atoms with Crippen molar-refractivity contribution in [2.45, 2.75) is 19.9 Å². The zero-order valence-electron chi connectivity index (χ0n) is 20.5. The van der Waals surface area contributed by atoms with Crippen molar-refractivity contribution in [3.63, 3.8) is 0 Å². The van der Waals surface area contributed by atoms with Gasteiger partial charge in [0.15, 0.2) is 4.80 Å². The third-order valence-electron chi connectivity index (χ3n) is 6.04. The maximum Gasteiger partial charge on any atom is 0.338 e. The minimum atomic E-state index is -0.847. The van der Waals surface area contributed by atoms with E-state index < -0.39 is 22.5 Å². The molecule has 4 aromatic rings. The van der Waals surface area contributed by atoms with E-state index in [1.807, 2.05) is 0 Å². The fourth-order valence-electron chi connectivity index (χ4n) is 4.35. The minimum Gasteiger partial charge on any atom is -0.463 e. The van der Waals surface area contributed by atoms with Crippen molar-refractivity contribution in [3.05, 3.63) is 117 Å². The molecule has 3 heterocycles. The number of carbonyl (C=O) groups excluding carboxylic acids is 1. The molecule has 2 aromatic heterocycles. The molecule has 9 nitrogen and oxygen atoms in total. The van der Waals surface area contributed by atoms with Crippen molar-refractivity contribution in [3.8, 4) is 11.3 Å². The molecule has 0 spiro atoms. The summed E-state index contributed by atoms with van der Waals surface area (Å²) in [5, 5.41) is 12.1. The molecule has 0 N–H and O–H groups in total. The number of ether oxygens (including phenoxy) is 1. The van der Waals surface area contributed by atoms with Gasteiger partial charge in [0, 0.05) is 22.2 Å². The average molecular weight is 584 g/mol. The molecule has 0 amide bonds. The first kappa shape index (κ1) is 26.6. The van der Waals surface area contributed by atoms with Gasteiger partial charge in [-0.15, -0.1) is 0 Å². The van der Waals surface area contributed by atoms with Crippen LogP contribution in [0.15, 0.2) is 80.1 Å². The van der Waals surface area contributed by atoms with Crippen molar-refractivity contribution in [2.24, 2.45) is 4.99 Å². The van der Waals surface area contributed by atoms with Crippen molar-refractivity contribution in [1.29, 1.82) is 0 Å². The Hall–Kier alpha value is -3.99. The molecule has 198 valence electrons. The number of hydrogen-bond donors (Lipinski definition) is 0. The minimum absolute atomic E-state index is 0.155. The number of hydrogen-bond acceptors (Lipinski definition) is 8. The van der Waals surface area contributed by atoms with E-state index in [4.69, 9.17) is 32.4 Å². The third-order valence-corrected chi connectivity index (χ3v) is 7.60. The SMILES string of the molecule is CCOC(=O)C1=C(C)N=c2sc(=Cc3ccc(-c4ccc(Cl)cc4[N+](=O)[O-])o3)c(=O)n2C1c1ccccc1Cl. The topological polar surface area (TPSA) is 117 Å². The Balaban J connectivity index is 1.65. The highest BCUT2D eigenvalue weighted by molar-refractivity contribution is 7.07. The van der Waals surface area contributed by atoms with Gasteiger partial charge in [-0.2, -0.15) is 0 Å². The van der Waals surface area contributed by atoms with Crippen molar-refractivity contribution in [2.75, 3.05) is 6.61 Å². The van der Waals surface area contributed by atoms with E-state index in [9.17, 15) is 19.7 Å². The molecule has 1 aliphatic rings. The van der Waals surface area contributed by atoms with E-state index in [2.05, 4.69) is 4.99 Å². The monoisotopic (exact) mass is 583 g/mol. The number of allylic oxidation sites excluding steroid dienone is 1. The van der Waals surface area contributed by atoms with Gasteiger partial charge in [-0.25, -0.2) is 9.79 Å². The summed E-state index contributed by atoms with van der Waals surface area (Å²) in [6.07, 6.45) is 1.53. The summed E-state index contributed by atoms with van der Waals surface area (Å²) in [6, 6.07) is 13.6. The number of rotatable bonds is 6. The van der Waals surface area contributed by atoms with Gasteiger partial charge in [0.05, 0.1) is 32.9 Å². The summed E-state index contributed by atoms with van der Waals surface area (Å²) in [7, 11) is 0. The van der Waals surface area contributed by atoms with E-state index in [1.54, 1.807) is 50.2 Å². The van der Waals surface area contributed by atoms with Gasteiger partial charge in [-0.1, -0.05) is 52.7 Å². The van der Waals surface area contributed by atoms with Crippen LogP contribution in [0.4, 0.5) is 5.69 Å². The zero-order chi connectivity index (χ0) is 27.8. The number of carbonyl (C=O) groups is 1. The highest BCUT2D eigenvalue weighted by Crippen LogP contribution is 2.35. The normalized spacial score (nSPS) is 15.2. The summed E-state index contributed by atoms with van der Waals surface area (Å²) in [4.78, 5) is 42.6. The van der Waals surface area contributed by atoms with Crippen molar-refractivity contribution >= 4 is 52.3 Å². The van der Waals surface area contributed by atoms with E-state index in [-0.39, 0.29) is 38.7 Å². The highest BCUT2D eigenvalue weighted by Gasteiger charge is 2.34. The fourth-order valence-corrected chi connectivity index (χ4v) is 5.78. The largest absolute Gasteiger partial charge is 0.463 e. The smallest absolute Gasteiger partial charge is 0.338 e. The number of furan rings is 1. The van der Waals surface area contributed by atoms with E-state index in [1.165, 1.54) is 28.8 Å². The number of thiazole rings is 1. The van der Waals surface area contributed by atoms with Gasteiger partial charge in [0.25, 0.3) is 11.2 Å². The van der Waals surface area contributed by atoms with Gasteiger partial charge in [0.1, 0.15) is 17.6 Å². The Labute approximate surface area is 235 Å². The molecular weight excluding hydrogens is 565 g/mol. The summed E-state index contributed by atoms with van der Waals surface area (Å²) < 4.78 is 12.9. The second kappa shape index (κ2) is 10.6. The molecule has 2 aromatic carbocycles. The molecule has 0 bridgehead atoms. The molecule has 1 unspecified atom stereocenters. The molecule has 0 saturated heterocycles. The molecule has 0 radical (unpaired) electrons. The van der Waals surface area contributed by atoms with Crippen LogP contribution >= 0.6 is 34.5 Å². The van der Waals surface area contributed by atoms with Gasteiger partial charge in [-0.05, 0) is 49.7 Å². The number of nitro benzene ring substituents is 1. The first-order chi connectivity index (χ1) is 18.7. The van der Waals surface area contributed by atoms with Crippen LogP contribution in [0.25, 0.3) is 17.4 Å². The second-order valence-electron chi connectivity index (χ2n) is 8.44. The fraction of sp³-hybridized carbons (Fsp3) is 0.148. The Morgan fingerprint density at radius 1 is 1.23 bits per heavy atom. The summed E-state index contributed by atoms with van der Waals surface area (Å²) in [5.74, 6) is -0.0416. The van der Waals surface area contributed by atoms with Crippen LogP contribution in [0, 0.1) is 10.1 Å². The van der Waals surface area contributed by atoms with Crippen molar-refractivity contribution in [1.82, 2.24) is 4.57 Å². The highest BCUT2D eigenvalue weighted by atomic mass is 35.5. The predicted octanol–water partition coefficient (Wildman–Crippen LogP) is 5.27. The van der Waals surface area contributed by atoms with Crippen LogP contribution in [0.5, 0.6) is 0 Å². The van der Waals surface area contributed by atoms with Crippen LogP contribution in [-0.2, 0) is 9.53 Å². The van der Waals surface area contributed by atoms with Crippen LogP contribution < -0.4 is 14.9 Å². The quantitative estimate of drug-likeness (QED) is 0.173. The Morgan fingerprint density at radius 3 is 2.72 bits per heavy atom. The Bertz CT molecular complexity index is 1850. The number of nitro groups is 1. The third kappa shape index (κ3) is 4.94. The van der Waals surface area contributed by atoms with Gasteiger partial charge >= 0.3 is 5.97 Å². The zero-order valence-corrected chi connectivity index (χ0v) is 22.8. The standard InChI is InChI=1S/C27H19Cl2N3O6S/c1-3-37-26(34)23-14(2)30-27-31(24(23)17-6-4-5-7-19(17)29)25(33)22(39-27)13-16-9-11-21(38-16)18-10-8-15(28)12-20(18)32(35)36/h4-13,24H,3H2,1-2H3. The molecule has 0 saturated carbocycles. The lowest BCUT2D eigenvalue weighted by atomic mass is 9.96. The first-order valence-corrected chi connectivity index (χ1v) is 13.2. The number of fused-ring (bicyclic) bond motifs is 1. The lowest BCUT2D eigenvalue weighted by Crippen LogP contribution is -2.40. The van der Waals surface area contributed by atoms with Gasteiger partial charge in [0.2, 0.25) is 0 Å². The number of benzene rings is 2. The van der Waals surface area contributed by atoms with Crippen molar-refractivity contribution < 1.29 is 18.9 Å². The van der Waals surface area contributed by atoms with Gasteiger partial charge in [-0.3, -0.25) is 19.5 Å². The molecule has 1 atom stereocenters. The molecule has 1 aliphatic heterocycles. The molecule has 0 fully saturated rings. The van der Waals surface area contributed by atoms with Crippen LogP contribution in [0.3, 0.4) is 0 Å². The lowest BCUT2D eigenvalue weighted by Gasteiger charge is -2.25. The number of halogens is 2. The summed E-state index contributed by atoms with van der Waals surface area (Å²) in [5.41, 5.74) is 0.831. The van der Waals surface area contributed by atoms with E-state index in [0.717, 1.165) is 11.3 Å². The maximum atomic E-state index is 13.7. The van der Waals surface area contributed by atoms with Crippen LogP contribution in [0.2, 0.25) is 10.0 Å². The number of nitrogens with zero attached hydrogens (tertiary/aromatic N) is 3. The molecule has 0 aliphatic carbocycles. The predicted molar refractivity (Wildman–Crippen MR) is 148 cm³/mol. The van der Waals surface area contributed by atoms with Gasteiger partial charge < -0.3 is 9.15 Å². The average Bonchev–Trinajstić information content (AvgIpc) is 3.48. The molecular formula is C27H19Cl2N3O6S. The lowest BCUT2D eigenvalue weighted by molar-refractivity contribution is -0.384. The molecule has 5 rings (SSSR count). The van der Waals surface area contributed by atoms with Crippen LogP contribution in [0.1, 0.15) is 31.2 Å². The number of aromatic nitrogens is 1. The first-order valence-electron chi connectivity index (χ1n) is 11.7. The summed E-state index contributed by atoms with van der Waals surface area (Å²) >= 11 is 13.6. The summed E-state index contributed by atoms with van der Waals surface area (Å²) in [6.45, 7) is 3.54. The van der Waals surface area contributed by atoms with E-state index >= 15 is 0 Å². The number of esters is 1. The van der Waals surface area contributed by atoms with E-state index in [0.29, 0.717) is 26.8 Å². The molecule has 39 heavy (non-hydrogen) atoms. The maximum absolute atomic E-state index is 13.7. The van der Waals surface area contributed by atoms with Crippen LogP contribution in [-0.4, -0.2) is 22.1 Å². The Morgan fingerprint density at radius 2 is 2.00 bits per heavy atom. The Kier molecular flexibility index (Phi) is 7.26. The second-order valence-corrected chi connectivity index (χ2v) is 10.3.